The molecule has 1 aromatic carbocycles. The predicted octanol–water partition coefficient (Wildman–Crippen LogP) is 0.827. The molecule has 0 aliphatic carbocycles. The zero-order chi connectivity index (χ0) is 13.4. The normalized spacial score (nSPS) is 22.0. The second-order valence-corrected chi connectivity index (χ2v) is 5.14. The van der Waals surface area contributed by atoms with E-state index in [0.29, 0.717) is 19.4 Å². The van der Waals surface area contributed by atoms with E-state index in [1.807, 2.05) is 18.2 Å². The molecule has 0 spiro atoms. The molecule has 19 heavy (non-hydrogen) atoms. The number of carbonyl (C=O) groups excluding carboxylic acids is 2. The van der Waals surface area contributed by atoms with Crippen molar-refractivity contribution in [3.05, 3.63) is 23.8 Å². The van der Waals surface area contributed by atoms with Gasteiger partial charge in [-0.05, 0) is 43.0 Å². The first-order valence-electron chi connectivity index (χ1n) is 6.64. The summed E-state index contributed by atoms with van der Waals surface area (Å²) in [7, 11) is 0. The molecule has 2 amide bonds. The molecule has 100 valence electrons. The van der Waals surface area contributed by atoms with Gasteiger partial charge in [0.25, 0.3) is 0 Å². The lowest BCUT2D eigenvalue weighted by molar-refractivity contribution is -0.124. The van der Waals surface area contributed by atoms with Crippen LogP contribution in [0.5, 0.6) is 0 Å². The topological polar surface area (TPSA) is 75.4 Å². The van der Waals surface area contributed by atoms with Crippen LogP contribution in [-0.2, 0) is 16.0 Å². The lowest BCUT2D eigenvalue weighted by Crippen LogP contribution is -2.46. The van der Waals surface area contributed by atoms with Crippen LogP contribution in [0.1, 0.15) is 24.8 Å². The number of hydrogen-bond acceptors (Lipinski definition) is 3. The maximum absolute atomic E-state index is 12.5. The van der Waals surface area contributed by atoms with Crippen LogP contribution < -0.4 is 16.0 Å². The Morgan fingerprint density at radius 1 is 1.37 bits per heavy atom. The third kappa shape index (κ3) is 2.16. The molecule has 1 atom stereocenters. The standard InChI is InChI=1S/C14H17N3O2/c15-10-3-5-12-9(8-10)2-1-7-17(12)14(19)11-4-6-13(18)16-11/h3,5,8,11H,1-2,4,6-7,15H2,(H,16,18)/t11-/m1/s1. The van der Waals surface area contributed by atoms with Crippen molar-refractivity contribution in [3.63, 3.8) is 0 Å². The molecule has 5 nitrogen and oxygen atoms in total. The molecule has 3 N–H and O–H groups in total. The first-order chi connectivity index (χ1) is 9.15. The van der Waals surface area contributed by atoms with Crippen LogP contribution in [0.25, 0.3) is 0 Å². The first kappa shape index (κ1) is 12.0. The highest BCUT2D eigenvalue weighted by molar-refractivity contribution is 6.01. The number of nitrogen functional groups attached to an aromatic ring is 1. The minimum atomic E-state index is -0.365. The lowest BCUT2D eigenvalue weighted by atomic mass is 10.00. The number of aryl methyl sites for hydroxylation is 1. The zero-order valence-electron chi connectivity index (χ0n) is 10.7. The largest absolute Gasteiger partial charge is 0.399 e. The smallest absolute Gasteiger partial charge is 0.249 e. The molecule has 3 rings (SSSR count). The Morgan fingerprint density at radius 3 is 2.95 bits per heavy atom. The molecule has 0 bridgehead atoms. The zero-order valence-corrected chi connectivity index (χ0v) is 10.7. The number of anilines is 2. The average molecular weight is 259 g/mol. The molecule has 1 fully saturated rings. The number of hydrogen-bond donors (Lipinski definition) is 2. The highest BCUT2D eigenvalue weighted by Gasteiger charge is 2.33. The van der Waals surface area contributed by atoms with E-state index in [9.17, 15) is 9.59 Å². The number of rotatable bonds is 1. The Balaban J connectivity index is 1.87. The summed E-state index contributed by atoms with van der Waals surface area (Å²) in [6, 6.07) is 5.29. The van der Waals surface area contributed by atoms with Crippen LogP contribution in [0, 0.1) is 0 Å². The molecule has 0 radical (unpaired) electrons. The maximum atomic E-state index is 12.5. The van der Waals surface area contributed by atoms with Gasteiger partial charge < -0.3 is 16.0 Å². The van der Waals surface area contributed by atoms with Gasteiger partial charge >= 0.3 is 0 Å². The monoisotopic (exact) mass is 259 g/mol. The average Bonchev–Trinajstić information content (AvgIpc) is 2.83. The van der Waals surface area contributed by atoms with Crippen molar-refractivity contribution < 1.29 is 9.59 Å². The fourth-order valence-corrected chi connectivity index (χ4v) is 2.83. The highest BCUT2D eigenvalue weighted by Crippen LogP contribution is 2.30. The molecule has 2 aliphatic heterocycles. The number of nitrogens with one attached hydrogen (secondary N) is 1. The summed E-state index contributed by atoms with van der Waals surface area (Å²) in [6.07, 6.45) is 2.92. The van der Waals surface area contributed by atoms with Crippen molar-refractivity contribution in [1.29, 1.82) is 0 Å². The van der Waals surface area contributed by atoms with Crippen molar-refractivity contribution >= 4 is 23.2 Å². The molecule has 2 heterocycles. The first-order valence-corrected chi connectivity index (χ1v) is 6.64. The molecule has 1 aromatic rings. The third-order valence-corrected chi connectivity index (χ3v) is 3.78. The quantitative estimate of drug-likeness (QED) is 0.733. The van der Waals surface area contributed by atoms with E-state index in [2.05, 4.69) is 5.32 Å². The number of fused-ring (bicyclic) bond motifs is 1. The molecule has 0 aromatic heterocycles. The molecule has 5 heteroatoms. The summed E-state index contributed by atoms with van der Waals surface area (Å²) in [4.78, 5) is 25.5. The number of carbonyl (C=O) groups is 2. The van der Waals surface area contributed by atoms with Gasteiger partial charge in [0.15, 0.2) is 0 Å². The summed E-state index contributed by atoms with van der Waals surface area (Å²) in [5, 5.41) is 2.74. The number of benzene rings is 1. The van der Waals surface area contributed by atoms with Gasteiger partial charge in [-0.3, -0.25) is 9.59 Å². The lowest BCUT2D eigenvalue weighted by Gasteiger charge is -2.31. The Labute approximate surface area is 111 Å². The third-order valence-electron chi connectivity index (χ3n) is 3.78. The van der Waals surface area contributed by atoms with Gasteiger partial charge in [-0.15, -0.1) is 0 Å². The van der Waals surface area contributed by atoms with Crippen LogP contribution in [0.4, 0.5) is 11.4 Å². The Hall–Kier alpha value is -2.04. The van der Waals surface area contributed by atoms with Gasteiger partial charge in [-0.25, -0.2) is 0 Å². The molecule has 0 saturated carbocycles. The van der Waals surface area contributed by atoms with Crippen LogP contribution in [0.3, 0.4) is 0 Å². The summed E-state index contributed by atoms with van der Waals surface area (Å²) in [5.74, 6) is -0.0375. The molecule has 0 unspecified atom stereocenters. The summed E-state index contributed by atoms with van der Waals surface area (Å²) < 4.78 is 0. The van der Waals surface area contributed by atoms with Gasteiger partial charge in [0, 0.05) is 24.3 Å². The summed E-state index contributed by atoms with van der Waals surface area (Å²) in [6.45, 7) is 0.710. The summed E-state index contributed by atoms with van der Waals surface area (Å²) >= 11 is 0. The highest BCUT2D eigenvalue weighted by atomic mass is 16.2. The maximum Gasteiger partial charge on any atom is 0.249 e. The second kappa shape index (κ2) is 4.57. The minimum Gasteiger partial charge on any atom is -0.399 e. The van der Waals surface area contributed by atoms with E-state index < -0.39 is 0 Å². The van der Waals surface area contributed by atoms with Crippen LogP contribution in [-0.4, -0.2) is 24.4 Å². The molecular formula is C14H17N3O2. The van der Waals surface area contributed by atoms with Crippen LogP contribution >= 0.6 is 0 Å². The fraction of sp³-hybridized carbons (Fsp3) is 0.429. The second-order valence-electron chi connectivity index (χ2n) is 5.14. The number of amides is 2. The van der Waals surface area contributed by atoms with Gasteiger partial charge in [0.2, 0.25) is 11.8 Å². The van der Waals surface area contributed by atoms with Crippen molar-refractivity contribution in [2.75, 3.05) is 17.2 Å². The Kier molecular flexibility index (Phi) is 2.89. The van der Waals surface area contributed by atoms with E-state index in [1.165, 1.54) is 0 Å². The molecular weight excluding hydrogens is 242 g/mol. The summed E-state index contributed by atoms with van der Waals surface area (Å²) in [5.41, 5.74) is 8.56. The van der Waals surface area contributed by atoms with Crippen molar-refractivity contribution in [2.24, 2.45) is 0 Å². The van der Waals surface area contributed by atoms with Gasteiger partial charge in [0.1, 0.15) is 6.04 Å². The van der Waals surface area contributed by atoms with Crippen molar-refractivity contribution in [2.45, 2.75) is 31.7 Å². The van der Waals surface area contributed by atoms with Crippen LogP contribution in [0.15, 0.2) is 18.2 Å². The Bertz CT molecular complexity index is 541. The van der Waals surface area contributed by atoms with E-state index in [-0.39, 0.29) is 17.9 Å². The Morgan fingerprint density at radius 2 is 2.21 bits per heavy atom. The van der Waals surface area contributed by atoms with E-state index >= 15 is 0 Å². The van der Waals surface area contributed by atoms with Crippen LogP contribution in [0.2, 0.25) is 0 Å². The molecule has 1 saturated heterocycles. The molecule has 2 aliphatic rings. The van der Waals surface area contributed by atoms with Gasteiger partial charge in [-0.2, -0.15) is 0 Å². The van der Waals surface area contributed by atoms with Gasteiger partial charge in [0.05, 0.1) is 0 Å². The van der Waals surface area contributed by atoms with E-state index in [4.69, 9.17) is 5.73 Å². The van der Waals surface area contributed by atoms with Gasteiger partial charge in [-0.1, -0.05) is 0 Å². The van der Waals surface area contributed by atoms with E-state index in [0.717, 1.165) is 29.8 Å². The predicted molar refractivity (Wildman–Crippen MR) is 72.7 cm³/mol. The SMILES string of the molecule is Nc1ccc2c(c1)CCCN2C(=O)[C@H]1CCC(=O)N1. The van der Waals surface area contributed by atoms with Crippen molar-refractivity contribution in [1.82, 2.24) is 5.32 Å². The van der Waals surface area contributed by atoms with E-state index in [1.54, 1.807) is 4.90 Å². The number of nitrogens with two attached hydrogens (primary N) is 1. The fourth-order valence-electron chi connectivity index (χ4n) is 2.83. The van der Waals surface area contributed by atoms with Crippen molar-refractivity contribution in [3.8, 4) is 0 Å². The number of nitrogens with zero attached hydrogens (tertiary/aromatic N) is 1. The minimum absolute atomic E-state index is 0.00317.